The third-order valence-electron chi connectivity index (χ3n) is 1.93. The van der Waals surface area contributed by atoms with Gasteiger partial charge in [-0.15, -0.1) is 13.2 Å². The van der Waals surface area contributed by atoms with Crippen LogP contribution in [0.5, 0.6) is 0 Å². The average Bonchev–Trinajstić information content (AvgIpc) is 2.02. The highest BCUT2D eigenvalue weighted by Gasteiger charge is 2.23. The molecule has 0 heterocycles. The van der Waals surface area contributed by atoms with Crippen LogP contribution in [-0.2, 0) is 4.79 Å². The molecule has 0 spiro atoms. The Balaban J connectivity index is 0.000000461. The van der Waals surface area contributed by atoms with Crippen LogP contribution < -0.4 is 0 Å². The van der Waals surface area contributed by atoms with Gasteiger partial charge in [0.25, 0.3) is 0 Å². The maximum absolute atomic E-state index is 10.7. The van der Waals surface area contributed by atoms with E-state index in [2.05, 4.69) is 13.2 Å². The van der Waals surface area contributed by atoms with Crippen molar-refractivity contribution in [2.75, 3.05) is 0 Å². The van der Waals surface area contributed by atoms with Gasteiger partial charge in [-0.2, -0.15) is 0 Å². The van der Waals surface area contributed by atoms with Crippen molar-refractivity contribution in [1.82, 2.24) is 0 Å². The lowest BCUT2D eigenvalue weighted by molar-refractivity contribution is -0.124. The van der Waals surface area contributed by atoms with Gasteiger partial charge in [-0.25, -0.2) is 0 Å². The largest absolute Gasteiger partial charge is 0.393 e. The fourth-order valence-corrected chi connectivity index (χ4v) is 1.19. The number of hydrogen-bond donors (Lipinski definition) is 1. The van der Waals surface area contributed by atoms with Crippen molar-refractivity contribution in [1.29, 1.82) is 0 Å². The van der Waals surface area contributed by atoms with Gasteiger partial charge in [0, 0.05) is 12.8 Å². The Hall–Kier alpha value is -0.630. The summed E-state index contributed by atoms with van der Waals surface area (Å²) in [6.07, 6.45) is 1.58. The topological polar surface area (TPSA) is 37.3 Å². The van der Waals surface area contributed by atoms with Gasteiger partial charge in [-0.05, 0) is 12.3 Å². The zero-order chi connectivity index (χ0) is 8.85. The molecule has 2 heteroatoms. The minimum absolute atomic E-state index is 0.186. The van der Waals surface area contributed by atoms with E-state index in [-0.39, 0.29) is 12.0 Å². The summed E-state index contributed by atoms with van der Waals surface area (Å²) in [6, 6.07) is 0. The van der Waals surface area contributed by atoms with E-state index in [0.29, 0.717) is 25.0 Å². The van der Waals surface area contributed by atoms with Gasteiger partial charge in [0.15, 0.2) is 0 Å². The number of carbonyl (C=O) groups excluding carboxylic acids is 1. The van der Waals surface area contributed by atoms with Crippen LogP contribution in [0.4, 0.5) is 0 Å². The van der Waals surface area contributed by atoms with Crippen molar-refractivity contribution in [3.05, 3.63) is 13.2 Å². The molecule has 0 aromatic carbocycles. The maximum Gasteiger partial charge on any atom is 0.133 e. The van der Waals surface area contributed by atoms with Gasteiger partial charge >= 0.3 is 0 Å². The van der Waals surface area contributed by atoms with E-state index in [1.165, 1.54) is 0 Å². The molecule has 1 saturated carbocycles. The monoisotopic (exact) mass is 156 g/mol. The van der Waals surface area contributed by atoms with Crippen LogP contribution in [0.15, 0.2) is 13.2 Å². The number of rotatable bonds is 0. The number of aliphatic hydroxyl groups is 1. The van der Waals surface area contributed by atoms with Crippen molar-refractivity contribution >= 4 is 5.78 Å². The zero-order valence-corrected chi connectivity index (χ0v) is 7.05. The second-order valence-electron chi connectivity index (χ2n) is 2.83. The molecular formula is C9H16O2. The number of aliphatic hydroxyl groups excluding tert-OH is 1. The second-order valence-corrected chi connectivity index (χ2v) is 2.83. The standard InChI is InChI=1S/C7H12O2.C2H4/c1-5-4-6(8)2-3-7(5)9;1-2/h5,7,9H,2-4H2,1H3;1-2H2. The Morgan fingerprint density at radius 3 is 2.45 bits per heavy atom. The highest BCUT2D eigenvalue weighted by atomic mass is 16.3. The van der Waals surface area contributed by atoms with E-state index < -0.39 is 0 Å². The van der Waals surface area contributed by atoms with Crippen LogP contribution in [0.3, 0.4) is 0 Å². The summed E-state index contributed by atoms with van der Waals surface area (Å²) in [5.74, 6) is 0.485. The molecule has 2 unspecified atom stereocenters. The van der Waals surface area contributed by atoms with E-state index >= 15 is 0 Å². The minimum atomic E-state index is -0.234. The molecule has 0 aromatic rings. The first-order chi connectivity index (χ1) is 5.20. The predicted octanol–water partition coefficient (Wildman–Crippen LogP) is 1.54. The number of hydrogen-bond acceptors (Lipinski definition) is 2. The van der Waals surface area contributed by atoms with Crippen LogP contribution >= 0.6 is 0 Å². The third-order valence-corrected chi connectivity index (χ3v) is 1.93. The summed E-state index contributed by atoms with van der Waals surface area (Å²) < 4.78 is 0. The van der Waals surface area contributed by atoms with E-state index in [0.717, 1.165) is 0 Å². The Bertz CT molecular complexity index is 132. The Morgan fingerprint density at radius 2 is 2.09 bits per heavy atom. The summed E-state index contributed by atoms with van der Waals surface area (Å²) in [5, 5.41) is 9.14. The molecule has 0 aliphatic heterocycles. The van der Waals surface area contributed by atoms with Crippen LogP contribution in [0.1, 0.15) is 26.2 Å². The number of ketones is 1. The van der Waals surface area contributed by atoms with E-state index in [1.807, 2.05) is 6.92 Å². The summed E-state index contributed by atoms with van der Waals surface area (Å²) in [6.45, 7) is 7.92. The van der Waals surface area contributed by atoms with E-state index in [4.69, 9.17) is 5.11 Å². The van der Waals surface area contributed by atoms with E-state index in [1.54, 1.807) is 0 Å². The SMILES string of the molecule is C=C.CC1CC(=O)CCC1O. The molecule has 1 aliphatic rings. The van der Waals surface area contributed by atoms with Crippen molar-refractivity contribution in [2.24, 2.45) is 5.92 Å². The van der Waals surface area contributed by atoms with Gasteiger partial charge in [0.2, 0.25) is 0 Å². The Kier molecular flexibility index (Phi) is 4.79. The molecule has 2 nitrogen and oxygen atoms in total. The first-order valence-electron chi connectivity index (χ1n) is 3.90. The highest BCUT2D eigenvalue weighted by molar-refractivity contribution is 5.79. The van der Waals surface area contributed by atoms with Crippen LogP contribution in [0, 0.1) is 5.92 Å². The van der Waals surface area contributed by atoms with Gasteiger partial charge in [-0.3, -0.25) is 4.79 Å². The van der Waals surface area contributed by atoms with Gasteiger partial charge < -0.3 is 5.11 Å². The summed E-state index contributed by atoms with van der Waals surface area (Å²) in [7, 11) is 0. The second kappa shape index (κ2) is 5.08. The first kappa shape index (κ1) is 10.4. The predicted molar refractivity (Wildman–Crippen MR) is 45.3 cm³/mol. The van der Waals surface area contributed by atoms with Gasteiger partial charge in [-0.1, -0.05) is 6.92 Å². The summed E-state index contributed by atoms with van der Waals surface area (Å²) in [5.41, 5.74) is 0. The molecule has 0 aromatic heterocycles. The van der Waals surface area contributed by atoms with Crippen molar-refractivity contribution < 1.29 is 9.90 Å². The van der Waals surface area contributed by atoms with Crippen molar-refractivity contribution in [3.8, 4) is 0 Å². The molecule has 2 atom stereocenters. The normalized spacial score (nSPS) is 30.5. The molecule has 1 aliphatic carbocycles. The van der Waals surface area contributed by atoms with Gasteiger partial charge in [0.1, 0.15) is 5.78 Å². The molecule has 0 radical (unpaired) electrons. The minimum Gasteiger partial charge on any atom is -0.393 e. The molecule has 0 saturated heterocycles. The van der Waals surface area contributed by atoms with Gasteiger partial charge in [0.05, 0.1) is 6.10 Å². The fourth-order valence-electron chi connectivity index (χ4n) is 1.19. The molecular weight excluding hydrogens is 140 g/mol. The van der Waals surface area contributed by atoms with Crippen molar-refractivity contribution in [2.45, 2.75) is 32.3 Å². The lowest BCUT2D eigenvalue weighted by Gasteiger charge is -2.22. The smallest absolute Gasteiger partial charge is 0.133 e. The first-order valence-corrected chi connectivity index (χ1v) is 3.90. The van der Waals surface area contributed by atoms with E-state index in [9.17, 15) is 4.79 Å². The Morgan fingerprint density at radius 1 is 1.55 bits per heavy atom. The van der Waals surface area contributed by atoms with Crippen LogP contribution in [0.2, 0.25) is 0 Å². The molecule has 0 bridgehead atoms. The van der Waals surface area contributed by atoms with Crippen molar-refractivity contribution in [3.63, 3.8) is 0 Å². The molecule has 1 fully saturated rings. The number of carbonyl (C=O) groups is 1. The fraction of sp³-hybridized carbons (Fsp3) is 0.667. The summed E-state index contributed by atoms with van der Waals surface area (Å²) >= 11 is 0. The lowest BCUT2D eigenvalue weighted by Crippen LogP contribution is -2.26. The maximum atomic E-state index is 10.7. The average molecular weight is 156 g/mol. The summed E-state index contributed by atoms with van der Waals surface area (Å²) in [4.78, 5) is 10.7. The van der Waals surface area contributed by atoms with Crippen LogP contribution in [-0.4, -0.2) is 17.0 Å². The molecule has 1 N–H and O–H groups in total. The molecule has 1 rings (SSSR count). The molecule has 11 heavy (non-hydrogen) atoms. The molecule has 64 valence electrons. The third kappa shape index (κ3) is 3.33. The highest BCUT2D eigenvalue weighted by Crippen LogP contribution is 2.20. The molecule has 0 amide bonds. The lowest BCUT2D eigenvalue weighted by atomic mass is 9.87. The van der Waals surface area contributed by atoms with Crippen LogP contribution in [0.25, 0.3) is 0 Å². The number of Topliss-reactive ketones (excluding diaryl/α,β-unsaturated/α-hetero) is 1. The Labute approximate surface area is 67.9 Å². The quantitative estimate of drug-likeness (QED) is 0.540. The zero-order valence-electron chi connectivity index (χ0n) is 7.05.